The molecule has 6 nitrogen and oxygen atoms in total. The zero-order chi connectivity index (χ0) is 24.7. The van der Waals surface area contributed by atoms with Crippen molar-refractivity contribution in [3.8, 4) is 17.6 Å². The number of aliphatic hydroxyl groups is 1. The fraction of sp³-hybridized carbons (Fsp3) is 0.481. The topological polar surface area (TPSA) is 70.1 Å². The second-order valence-electron chi connectivity index (χ2n) is 9.14. The first-order valence-electron chi connectivity index (χ1n) is 11.9. The van der Waals surface area contributed by atoms with Gasteiger partial charge in [0.1, 0.15) is 16.7 Å². The lowest BCUT2D eigenvalue weighted by atomic mass is 10.0. The van der Waals surface area contributed by atoms with Crippen molar-refractivity contribution in [1.82, 2.24) is 9.21 Å². The highest BCUT2D eigenvalue weighted by Crippen LogP contribution is 2.34. The largest absolute Gasteiger partial charge is 0.487 e. The summed E-state index contributed by atoms with van der Waals surface area (Å²) in [5, 5.41) is 9.79. The average Bonchev–Trinajstić information content (AvgIpc) is 2.81. The maximum Gasteiger partial charge on any atom is 0.247 e. The van der Waals surface area contributed by atoms with Gasteiger partial charge < -0.3 is 9.84 Å². The highest BCUT2D eigenvalue weighted by molar-refractivity contribution is 7.89. The fourth-order valence-electron chi connectivity index (χ4n) is 4.08. The van der Waals surface area contributed by atoms with Crippen molar-refractivity contribution in [1.29, 1.82) is 0 Å². The van der Waals surface area contributed by atoms with E-state index < -0.39 is 16.1 Å². The van der Waals surface area contributed by atoms with Crippen LogP contribution in [0.4, 0.5) is 0 Å². The molecule has 3 atom stereocenters. The molecule has 0 fully saturated rings. The highest BCUT2D eigenvalue weighted by atomic mass is 32.2. The third-order valence-corrected chi connectivity index (χ3v) is 8.08. The van der Waals surface area contributed by atoms with Gasteiger partial charge in [0.05, 0.1) is 6.61 Å². The van der Waals surface area contributed by atoms with Crippen LogP contribution in [0, 0.1) is 17.8 Å². The smallest absolute Gasteiger partial charge is 0.247 e. The molecule has 0 saturated carbocycles. The van der Waals surface area contributed by atoms with Gasteiger partial charge >= 0.3 is 0 Å². The maximum absolute atomic E-state index is 13.6. The molecule has 1 N–H and O–H groups in total. The molecule has 1 aliphatic rings. The van der Waals surface area contributed by atoms with Crippen LogP contribution >= 0.6 is 0 Å². The molecule has 2 aromatic carbocycles. The van der Waals surface area contributed by atoms with Gasteiger partial charge in [-0.1, -0.05) is 56.0 Å². The predicted molar refractivity (Wildman–Crippen MR) is 135 cm³/mol. The van der Waals surface area contributed by atoms with Crippen LogP contribution in [-0.2, 0) is 16.6 Å². The van der Waals surface area contributed by atoms with Crippen molar-refractivity contribution in [2.75, 3.05) is 26.7 Å². The average molecular weight is 485 g/mol. The molecule has 184 valence electrons. The minimum Gasteiger partial charge on any atom is -0.487 e. The Bertz CT molecular complexity index is 1110. The van der Waals surface area contributed by atoms with Crippen LogP contribution in [-0.4, -0.2) is 61.6 Å². The standard InChI is InChI=1S/C27H36N2O4S/c1-5-6-8-11-23-14-15-27-25(16-23)33-26(19-28(4)18-24-12-9-7-10-13-24)21(2)17-29(22(3)20-30)34(27,31)32/h7,9-10,12-16,21-22,26,30H,5-6,17-20H2,1-4H3/t21-,22+,26+/m1/s1. The van der Waals surface area contributed by atoms with Crippen LogP contribution in [0.1, 0.15) is 44.7 Å². The lowest BCUT2D eigenvalue weighted by Gasteiger charge is -2.37. The van der Waals surface area contributed by atoms with Gasteiger partial charge in [-0.3, -0.25) is 4.90 Å². The number of ether oxygens (including phenoxy) is 1. The number of aliphatic hydroxyl groups excluding tert-OH is 1. The van der Waals surface area contributed by atoms with E-state index in [2.05, 4.69) is 35.8 Å². The predicted octanol–water partition coefficient (Wildman–Crippen LogP) is 3.74. The summed E-state index contributed by atoms with van der Waals surface area (Å²) in [6, 6.07) is 14.7. The number of unbranched alkanes of at least 4 members (excludes halogenated alkanes) is 1. The molecule has 0 bridgehead atoms. The van der Waals surface area contributed by atoms with Crippen molar-refractivity contribution < 1.29 is 18.3 Å². The highest BCUT2D eigenvalue weighted by Gasteiger charge is 2.38. The van der Waals surface area contributed by atoms with Crippen LogP contribution < -0.4 is 4.74 Å². The van der Waals surface area contributed by atoms with E-state index in [0.29, 0.717) is 12.3 Å². The van der Waals surface area contributed by atoms with Crippen LogP contribution in [0.25, 0.3) is 0 Å². The Balaban J connectivity index is 1.97. The lowest BCUT2D eigenvalue weighted by molar-refractivity contribution is 0.0733. The Morgan fingerprint density at radius 2 is 1.97 bits per heavy atom. The van der Waals surface area contributed by atoms with Gasteiger partial charge in [0.25, 0.3) is 0 Å². The fourth-order valence-corrected chi connectivity index (χ4v) is 5.90. The first kappa shape index (κ1) is 26.2. The van der Waals surface area contributed by atoms with Crippen molar-refractivity contribution in [3.05, 3.63) is 59.7 Å². The summed E-state index contributed by atoms with van der Waals surface area (Å²) in [4.78, 5) is 2.31. The molecule has 7 heteroatoms. The van der Waals surface area contributed by atoms with Gasteiger partial charge in [-0.05, 0) is 44.2 Å². The number of hydrogen-bond acceptors (Lipinski definition) is 5. The molecular formula is C27H36N2O4S. The van der Waals surface area contributed by atoms with Crippen molar-refractivity contribution >= 4 is 10.0 Å². The van der Waals surface area contributed by atoms with E-state index in [4.69, 9.17) is 4.74 Å². The van der Waals surface area contributed by atoms with Gasteiger partial charge in [0, 0.05) is 43.6 Å². The lowest BCUT2D eigenvalue weighted by Crippen LogP contribution is -2.49. The van der Waals surface area contributed by atoms with Crippen LogP contribution in [0.15, 0.2) is 53.4 Å². The van der Waals surface area contributed by atoms with Crippen molar-refractivity contribution in [2.24, 2.45) is 5.92 Å². The summed E-state index contributed by atoms with van der Waals surface area (Å²) >= 11 is 0. The molecule has 0 unspecified atom stereocenters. The Morgan fingerprint density at radius 3 is 2.65 bits per heavy atom. The van der Waals surface area contributed by atoms with E-state index >= 15 is 0 Å². The van der Waals surface area contributed by atoms with Gasteiger partial charge in [-0.15, -0.1) is 0 Å². The van der Waals surface area contributed by atoms with Crippen molar-refractivity contribution in [3.63, 3.8) is 0 Å². The van der Waals surface area contributed by atoms with Crippen LogP contribution in [0.5, 0.6) is 5.75 Å². The normalized spacial score (nSPS) is 20.9. The van der Waals surface area contributed by atoms with E-state index in [1.165, 1.54) is 9.87 Å². The number of benzene rings is 2. The molecule has 3 rings (SSSR count). The van der Waals surface area contributed by atoms with Crippen LogP contribution in [0.3, 0.4) is 0 Å². The number of fused-ring (bicyclic) bond motifs is 1. The Hall–Kier alpha value is -2.37. The van der Waals surface area contributed by atoms with E-state index in [1.807, 2.05) is 32.2 Å². The van der Waals surface area contributed by atoms with E-state index in [9.17, 15) is 13.5 Å². The molecular weight excluding hydrogens is 448 g/mol. The quantitative estimate of drug-likeness (QED) is 0.607. The molecule has 1 heterocycles. The minimum atomic E-state index is -3.84. The number of likely N-dealkylation sites (N-methyl/N-ethyl adjacent to an activating group) is 1. The number of sulfonamides is 1. The summed E-state index contributed by atoms with van der Waals surface area (Å²) in [7, 11) is -1.80. The summed E-state index contributed by atoms with van der Waals surface area (Å²) in [6.45, 7) is 7.21. The van der Waals surface area contributed by atoms with E-state index in [0.717, 1.165) is 24.9 Å². The van der Waals surface area contributed by atoms with Gasteiger partial charge in [0.15, 0.2) is 0 Å². The monoisotopic (exact) mass is 484 g/mol. The number of nitrogens with zero attached hydrogens (tertiary/aromatic N) is 2. The molecule has 0 aromatic heterocycles. The minimum absolute atomic E-state index is 0.0926. The zero-order valence-electron chi connectivity index (χ0n) is 20.6. The summed E-state index contributed by atoms with van der Waals surface area (Å²) in [5.74, 6) is 6.46. The number of hydrogen-bond donors (Lipinski definition) is 1. The van der Waals surface area contributed by atoms with Gasteiger partial charge in [-0.2, -0.15) is 4.31 Å². The third kappa shape index (κ3) is 6.39. The molecule has 0 saturated heterocycles. The summed E-state index contributed by atoms with van der Waals surface area (Å²) < 4.78 is 34.9. The van der Waals surface area contributed by atoms with Gasteiger partial charge in [-0.25, -0.2) is 8.42 Å². The maximum atomic E-state index is 13.6. The molecule has 0 amide bonds. The molecule has 2 aromatic rings. The van der Waals surface area contributed by atoms with Crippen LogP contribution in [0.2, 0.25) is 0 Å². The Kier molecular flexibility index (Phi) is 9.15. The molecule has 0 aliphatic carbocycles. The summed E-state index contributed by atoms with van der Waals surface area (Å²) in [6.07, 6.45) is 1.50. The second-order valence-corrected chi connectivity index (χ2v) is 11.0. The molecule has 0 radical (unpaired) electrons. The summed E-state index contributed by atoms with van der Waals surface area (Å²) in [5.41, 5.74) is 1.93. The third-order valence-electron chi connectivity index (χ3n) is 6.06. The SMILES string of the molecule is CCCC#Cc1ccc2c(c1)O[C@@H](CN(C)Cc1ccccc1)[C@H](C)CN([C@@H](C)CO)S2(=O)=O. The second kappa shape index (κ2) is 11.9. The number of rotatable bonds is 7. The molecule has 0 spiro atoms. The Labute approximate surface area is 204 Å². The first-order valence-corrected chi connectivity index (χ1v) is 13.3. The Morgan fingerprint density at radius 1 is 1.24 bits per heavy atom. The molecule has 1 aliphatic heterocycles. The first-order chi connectivity index (χ1) is 16.3. The van der Waals surface area contributed by atoms with E-state index in [-0.39, 0.29) is 30.1 Å². The van der Waals surface area contributed by atoms with E-state index in [1.54, 1.807) is 25.1 Å². The van der Waals surface area contributed by atoms with Crippen molar-refractivity contribution in [2.45, 2.75) is 57.2 Å². The zero-order valence-corrected chi connectivity index (χ0v) is 21.4. The molecule has 34 heavy (non-hydrogen) atoms. The van der Waals surface area contributed by atoms with Gasteiger partial charge in [0.2, 0.25) is 10.0 Å².